The summed E-state index contributed by atoms with van der Waals surface area (Å²) in [6, 6.07) is 3.42. The molecule has 1 amide bonds. The normalized spacial score (nSPS) is 10.4. The lowest BCUT2D eigenvalue weighted by atomic mass is 10.1. The molecule has 4 heteroatoms. The average Bonchev–Trinajstić information content (AvgIpc) is 2.17. The van der Waals surface area contributed by atoms with Gasteiger partial charge in [-0.05, 0) is 40.4 Å². The Bertz CT molecular complexity index is 339. The molecule has 0 radical (unpaired) electrons. The predicted octanol–water partition coefficient (Wildman–Crippen LogP) is 2.62. The highest BCUT2D eigenvalue weighted by Crippen LogP contribution is 2.07. The minimum Gasteiger partial charge on any atom is -0.352 e. The van der Waals surface area contributed by atoms with Crippen molar-refractivity contribution in [3.05, 3.63) is 28.5 Å². The zero-order valence-corrected chi connectivity index (χ0v) is 10.5. The smallest absolute Gasteiger partial charge is 0.251 e. The van der Waals surface area contributed by atoms with E-state index in [9.17, 15) is 4.79 Å². The number of hydrogen-bond acceptors (Lipinski definition) is 2. The van der Waals surface area contributed by atoms with Gasteiger partial charge >= 0.3 is 0 Å². The summed E-state index contributed by atoms with van der Waals surface area (Å²) in [6.07, 6.45) is 2.61. The molecule has 0 saturated heterocycles. The van der Waals surface area contributed by atoms with E-state index < -0.39 is 0 Å². The number of amides is 1. The van der Waals surface area contributed by atoms with Gasteiger partial charge in [0.2, 0.25) is 0 Å². The van der Waals surface area contributed by atoms with Gasteiger partial charge in [-0.3, -0.25) is 4.79 Å². The molecule has 0 fully saturated rings. The Morgan fingerprint density at radius 2 is 2.33 bits per heavy atom. The van der Waals surface area contributed by atoms with Crippen LogP contribution in [0.5, 0.6) is 0 Å². The maximum Gasteiger partial charge on any atom is 0.251 e. The summed E-state index contributed by atoms with van der Waals surface area (Å²) < 4.78 is 0.680. The molecule has 15 heavy (non-hydrogen) atoms. The zero-order chi connectivity index (χ0) is 11.3. The van der Waals surface area contributed by atoms with Crippen LogP contribution >= 0.6 is 15.9 Å². The lowest BCUT2D eigenvalue weighted by Crippen LogP contribution is -2.25. The van der Waals surface area contributed by atoms with Crippen molar-refractivity contribution >= 4 is 21.8 Å². The Kier molecular flexibility index (Phi) is 4.75. The molecule has 0 aliphatic carbocycles. The summed E-state index contributed by atoms with van der Waals surface area (Å²) >= 11 is 3.23. The largest absolute Gasteiger partial charge is 0.352 e. The molecule has 0 aromatic carbocycles. The molecule has 0 atom stereocenters. The SMILES string of the molecule is CC(C)CCNC(=O)c1ccnc(Br)c1. The molecule has 1 aromatic rings. The summed E-state index contributed by atoms with van der Waals surface area (Å²) in [5.41, 5.74) is 0.639. The first-order valence-corrected chi connectivity index (χ1v) is 5.78. The summed E-state index contributed by atoms with van der Waals surface area (Å²) in [5.74, 6) is 0.563. The highest BCUT2D eigenvalue weighted by atomic mass is 79.9. The van der Waals surface area contributed by atoms with Gasteiger partial charge in [-0.2, -0.15) is 0 Å². The molecule has 0 spiro atoms. The van der Waals surface area contributed by atoms with Crippen LogP contribution < -0.4 is 5.32 Å². The Morgan fingerprint density at radius 3 is 2.93 bits per heavy atom. The third-order valence-corrected chi connectivity index (χ3v) is 2.43. The van der Waals surface area contributed by atoms with Gasteiger partial charge in [-0.1, -0.05) is 13.8 Å². The van der Waals surface area contributed by atoms with Crippen molar-refractivity contribution in [3.63, 3.8) is 0 Å². The van der Waals surface area contributed by atoms with Crippen molar-refractivity contribution in [2.45, 2.75) is 20.3 Å². The minimum atomic E-state index is -0.0428. The molecule has 0 saturated carbocycles. The van der Waals surface area contributed by atoms with Gasteiger partial charge in [0.15, 0.2) is 0 Å². The minimum absolute atomic E-state index is 0.0428. The number of nitrogens with zero attached hydrogens (tertiary/aromatic N) is 1. The van der Waals surface area contributed by atoms with Crippen molar-refractivity contribution in [3.8, 4) is 0 Å². The second-order valence-electron chi connectivity index (χ2n) is 3.81. The lowest BCUT2D eigenvalue weighted by Gasteiger charge is -2.07. The standard InChI is InChI=1S/C11H15BrN2O/c1-8(2)3-5-14-11(15)9-4-6-13-10(12)7-9/h4,6-8H,3,5H2,1-2H3,(H,14,15). The monoisotopic (exact) mass is 270 g/mol. The number of hydrogen-bond donors (Lipinski definition) is 1. The van der Waals surface area contributed by atoms with E-state index in [1.165, 1.54) is 0 Å². The number of rotatable bonds is 4. The van der Waals surface area contributed by atoms with Gasteiger partial charge in [0.1, 0.15) is 4.60 Å². The van der Waals surface area contributed by atoms with Crippen LogP contribution in [0.25, 0.3) is 0 Å². The maximum absolute atomic E-state index is 11.6. The van der Waals surface area contributed by atoms with E-state index in [2.05, 4.69) is 40.1 Å². The first-order chi connectivity index (χ1) is 7.09. The highest BCUT2D eigenvalue weighted by Gasteiger charge is 2.05. The Morgan fingerprint density at radius 1 is 1.60 bits per heavy atom. The first-order valence-electron chi connectivity index (χ1n) is 4.99. The molecule has 1 rings (SSSR count). The van der Waals surface area contributed by atoms with E-state index in [1.807, 2.05) is 0 Å². The van der Waals surface area contributed by atoms with Crippen molar-refractivity contribution in [2.75, 3.05) is 6.54 Å². The van der Waals surface area contributed by atoms with Gasteiger partial charge < -0.3 is 5.32 Å². The van der Waals surface area contributed by atoms with Crippen molar-refractivity contribution in [1.82, 2.24) is 10.3 Å². The maximum atomic E-state index is 11.6. The average molecular weight is 271 g/mol. The van der Waals surface area contributed by atoms with Crippen molar-refractivity contribution < 1.29 is 4.79 Å². The Labute approximate surface area is 98.4 Å². The summed E-state index contributed by atoms with van der Waals surface area (Å²) in [6.45, 7) is 4.99. The Balaban J connectivity index is 2.47. The van der Waals surface area contributed by atoms with Crippen LogP contribution in [0.3, 0.4) is 0 Å². The lowest BCUT2D eigenvalue weighted by molar-refractivity contribution is 0.0952. The second kappa shape index (κ2) is 5.85. The van der Waals surface area contributed by atoms with Crippen LogP contribution in [0.1, 0.15) is 30.6 Å². The van der Waals surface area contributed by atoms with E-state index in [4.69, 9.17) is 0 Å². The molecule has 1 heterocycles. The number of aromatic nitrogens is 1. The molecular weight excluding hydrogens is 256 g/mol. The first kappa shape index (κ1) is 12.2. The zero-order valence-electron chi connectivity index (χ0n) is 8.96. The fraction of sp³-hybridized carbons (Fsp3) is 0.455. The predicted molar refractivity (Wildman–Crippen MR) is 63.7 cm³/mol. The number of nitrogens with one attached hydrogen (secondary N) is 1. The molecule has 1 aromatic heterocycles. The summed E-state index contributed by atoms with van der Waals surface area (Å²) in [5, 5.41) is 2.87. The van der Waals surface area contributed by atoms with Gasteiger partial charge in [0.25, 0.3) is 5.91 Å². The van der Waals surface area contributed by atoms with Crippen LogP contribution in [0.4, 0.5) is 0 Å². The molecule has 0 bridgehead atoms. The molecule has 1 N–H and O–H groups in total. The summed E-state index contributed by atoms with van der Waals surface area (Å²) in [4.78, 5) is 15.6. The van der Waals surface area contributed by atoms with Crippen LogP contribution in [0.2, 0.25) is 0 Å². The molecule has 0 aliphatic heterocycles. The summed E-state index contributed by atoms with van der Waals surface area (Å²) in [7, 11) is 0. The molecule has 3 nitrogen and oxygen atoms in total. The third-order valence-electron chi connectivity index (χ3n) is 2.00. The number of halogens is 1. The topological polar surface area (TPSA) is 42.0 Å². The van der Waals surface area contributed by atoms with Gasteiger partial charge in [-0.15, -0.1) is 0 Å². The molecule has 0 unspecified atom stereocenters. The molecule has 82 valence electrons. The van der Waals surface area contributed by atoms with Crippen LogP contribution in [0.15, 0.2) is 22.9 Å². The number of pyridine rings is 1. The van der Waals surface area contributed by atoms with Crippen LogP contribution in [0, 0.1) is 5.92 Å². The van der Waals surface area contributed by atoms with Crippen LogP contribution in [-0.2, 0) is 0 Å². The van der Waals surface area contributed by atoms with E-state index in [0.29, 0.717) is 16.1 Å². The van der Waals surface area contributed by atoms with Gasteiger partial charge in [-0.25, -0.2) is 4.98 Å². The molecule has 0 aliphatic rings. The highest BCUT2D eigenvalue weighted by molar-refractivity contribution is 9.10. The van der Waals surface area contributed by atoms with Gasteiger partial charge in [0.05, 0.1) is 0 Å². The van der Waals surface area contributed by atoms with Gasteiger partial charge in [0, 0.05) is 18.3 Å². The quantitative estimate of drug-likeness (QED) is 0.855. The Hall–Kier alpha value is -0.900. The number of carbonyl (C=O) groups excluding carboxylic acids is 1. The van der Waals surface area contributed by atoms with E-state index in [1.54, 1.807) is 18.3 Å². The fourth-order valence-corrected chi connectivity index (χ4v) is 1.48. The second-order valence-corrected chi connectivity index (χ2v) is 4.62. The van der Waals surface area contributed by atoms with Crippen molar-refractivity contribution in [1.29, 1.82) is 0 Å². The number of carbonyl (C=O) groups is 1. The van der Waals surface area contributed by atoms with E-state index in [-0.39, 0.29) is 5.91 Å². The van der Waals surface area contributed by atoms with E-state index in [0.717, 1.165) is 13.0 Å². The van der Waals surface area contributed by atoms with E-state index >= 15 is 0 Å². The van der Waals surface area contributed by atoms with Crippen molar-refractivity contribution in [2.24, 2.45) is 5.92 Å². The third kappa shape index (κ3) is 4.42. The molecular formula is C11H15BrN2O. The fourth-order valence-electron chi connectivity index (χ4n) is 1.12. The van der Waals surface area contributed by atoms with Crippen LogP contribution in [-0.4, -0.2) is 17.4 Å².